The van der Waals surface area contributed by atoms with Crippen molar-refractivity contribution in [1.29, 1.82) is 0 Å². The number of carbonyl (C=O) groups is 2. The lowest BCUT2D eigenvalue weighted by Gasteiger charge is -2.40. The molecule has 1 amide bonds. The van der Waals surface area contributed by atoms with Crippen LogP contribution < -0.4 is 0 Å². The van der Waals surface area contributed by atoms with Gasteiger partial charge in [-0.1, -0.05) is 60.7 Å². The number of halogens is 2. The minimum atomic E-state index is -1.84. The Hall–Kier alpha value is -2.68. The third-order valence-electron chi connectivity index (χ3n) is 5.40. The van der Waals surface area contributed by atoms with Gasteiger partial charge in [0, 0.05) is 6.54 Å². The van der Waals surface area contributed by atoms with Gasteiger partial charge in [-0.25, -0.2) is 9.18 Å². The molecule has 0 N–H and O–H groups in total. The zero-order valence-electron chi connectivity index (χ0n) is 17.1. The lowest BCUT2D eigenvalue weighted by Crippen LogP contribution is -2.60. The zero-order chi connectivity index (χ0) is 22.5. The fourth-order valence-corrected chi connectivity index (χ4v) is 3.98. The second kappa shape index (κ2) is 10.3. The van der Waals surface area contributed by atoms with Crippen LogP contribution in [0.25, 0.3) is 0 Å². The molecule has 0 unspecified atom stereocenters. The maximum Gasteiger partial charge on any atom is 0.411 e. The molecule has 2 aliphatic heterocycles. The molecule has 0 aliphatic carbocycles. The Morgan fingerprint density at radius 3 is 2.38 bits per heavy atom. The van der Waals surface area contributed by atoms with Crippen molar-refractivity contribution in [2.75, 3.05) is 12.5 Å². The van der Waals surface area contributed by atoms with Gasteiger partial charge in [0.05, 0.1) is 13.2 Å². The van der Waals surface area contributed by atoms with Crippen LogP contribution in [0.1, 0.15) is 11.1 Å². The van der Waals surface area contributed by atoms with Crippen molar-refractivity contribution in [2.24, 2.45) is 0 Å². The third kappa shape index (κ3) is 5.03. The second-order valence-corrected chi connectivity index (χ2v) is 7.83. The first-order valence-corrected chi connectivity index (χ1v) is 10.8. The molecule has 2 heterocycles. The van der Waals surface area contributed by atoms with E-state index in [0.717, 1.165) is 11.1 Å². The molecule has 0 aromatic heterocycles. The summed E-state index contributed by atoms with van der Waals surface area (Å²) < 4.78 is 37.2. The van der Waals surface area contributed by atoms with E-state index in [1.807, 2.05) is 60.7 Å². The van der Waals surface area contributed by atoms with Gasteiger partial charge < -0.3 is 18.9 Å². The number of fused-ring (bicyclic) bond motifs is 1. The van der Waals surface area contributed by atoms with Gasteiger partial charge in [-0.3, -0.25) is 9.69 Å². The summed E-state index contributed by atoms with van der Waals surface area (Å²) in [6.45, 7) is 0.340. The lowest BCUT2D eigenvalue weighted by molar-refractivity contribution is -0.237. The van der Waals surface area contributed by atoms with Crippen molar-refractivity contribution in [3.05, 3.63) is 71.8 Å². The van der Waals surface area contributed by atoms with Crippen molar-refractivity contribution in [3.63, 3.8) is 0 Å². The van der Waals surface area contributed by atoms with Crippen LogP contribution >= 0.6 is 11.6 Å². The van der Waals surface area contributed by atoms with E-state index in [4.69, 9.17) is 30.5 Å². The molecular formula is C23H23ClFNO6. The van der Waals surface area contributed by atoms with E-state index in [2.05, 4.69) is 0 Å². The minimum Gasteiger partial charge on any atom is -0.455 e. The average molecular weight is 464 g/mol. The van der Waals surface area contributed by atoms with Crippen LogP contribution in [-0.2, 0) is 36.9 Å². The van der Waals surface area contributed by atoms with Crippen LogP contribution in [0.5, 0.6) is 0 Å². The number of carbonyl (C=O) groups excluding carboxylic acids is 2. The molecule has 0 radical (unpaired) electrons. The monoisotopic (exact) mass is 463 g/mol. The first-order chi connectivity index (χ1) is 15.6. The van der Waals surface area contributed by atoms with Gasteiger partial charge >= 0.3 is 12.1 Å². The summed E-state index contributed by atoms with van der Waals surface area (Å²) in [6.07, 6.45) is -5.61. The molecule has 5 atom stereocenters. The van der Waals surface area contributed by atoms with E-state index in [-0.39, 0.29) is 19.8 Å². The summed E-state index contributed by atoms with van der Waals surface area (Å²) in [4.78, 5) is 25.8. The van der Waals surface area contributed by atoms with Gasteiger partial charge in [0.25, 0.3) is 0 Å². The molecule has 0 bridgehead atoms. The fraction of sp³-hybridized carbons (Fsp3) is 0.391. The molecule has 0 spiro atoms. The van der Waals surface area contributed by atoms with Crippen molar-refractivity contribution in [1.82, 2.24) is 4.90 Å². The van der Waals surface area contributed by atoms with E-state index in [1.54, 1.807) is 0 Å². The van der Waals surface area contributed by atoms with Crippen LogP contribution in [0.4, 0.5) is 9.18 Å². The Kier molecular flexibility index (Phi) is 7.24. The Bertz CT molecular complexity index is 917. The van der Waals surface area contributed by atoms with Gasteiger partial charge in [-0.2, -0.15) is 0 Å². The van der Waals surface area contributed by atoms with Crippen LogP contribution in [0.2, 0.25) is 0 Å². The number of esters is 1. The van der Waals surface area contributed by atoms with Gasteiger partial charge in [0.2, 0.25) is 6.36 Å². The highest BCUT2D eigenvalue weighted by Crippen LogP contribution is 2.36. The molecule has 7 nitrogen and oxygen atoms in total. The number of hydrogen-bond acceptors (Lipinski definition) is 6. The first-order valence-electron chi connectivity index (χ1n) is 10.2. The summed E-state index contributed by atoms with van der Waals surface area (Å²) in [5.74, 6) is -1.12. The maximum absolute atomic E-state index is 15.1. The summed E-state index contributed by atoms with van der Waals surface area (Å²) in [6, 6.07) is 17.5. The molecule has 2 fully saturated rings. The van der Waals surface area contributed by atoms with E-state index in [1.165, 1.54) is 4.90 Å². The number of benzene rings is 2. The smallest absolute Gasteiger partial charge is 0.411 e. The van der Waals surface area contributed by atoms with Crippen molar-refractivity contribution >= 4 is 23.7 Å². The number of alkyl halides is 2. The quantitative estimate of drug-likeness (QED) is 0.441. The van der Waals surface area contributed by atoms with Gasteiger partial charge in [-0.05, 0) is 11.1 Å². The van der Waals surface area contributed by atoms with E-state index in [9.17, 15) is 9.59 Å². The van der Waals surface area contributed by atoms with Gasteiger partial charge in [-0.15, -0.1) is 11.6 Å². The minimum absolute atomic E-state index is 0.0605. The average Bonchev–Trinajstić information content (AvgIpc) is 3.14. The van der Waals surface area contributed by atoms with Crippen LogP contribution in [0.3, 0.4) is 0 Å². The fourth-order valence-electron chi connectivity index (χ4n) is 3.92. The van der Waals surface area contributed by atoms with Crippen molar-refractivity contribution < 1.29 is 32.9 Å². The Morgan fingerprint density at radius 2 is 1.72 bits per heavy atom. The molecule has 0 saturated carbocycles. The SMILES string of the molecule is O=C(CCl)O[C@H]1[C@@H]2OC(=O)N(Cc3ccccc3)[C@H]2[C@@H](F)O[C@@H]1COCc1ccccc1. The molecule has 2 aromatic rings. The Morgan fingerprint density at radius 1 is 1.06 bits per heavy atom. The predicted molar refractivity (Wildman–Crippen MR) is 113 cm³/mol. The number of rotatable bonds is 8. The summed E-state index contributed by atoms with van der Waals surface area (Å²) in [5.41, 5.74) is 1.73. The van der Waals surface area contributed by atoms with Crippen molar-refractivity contribution in [3.8, 4) is 0 Å². The number of amides is 1. The Balaban J connectivity index is 1.49. The third-order valence-corrected chi connectivity index (χ3v) is 5.62. The van der Waals surface area contributed by atoms with Crippen LogP contribution in [0.15, 0.2) is 60.7 Å². The molecule has 2 aliphatic rings. The summed E-state index contributed by atoms with van der Waals surface area (Å²) in [7, 11) is 0. The maximum atomic E-state index is 15.1. The highest BCUT2D eigenvalue weighted by Gasteiger charge is 2.58. The summed E-state index contributed by atoms with van der Waals surface area (Å²) >= 11 is 5.60. The highest BCUT2D eigenvalue weighted by atomic mass is 35.5. The van der Waals surface area contributed by atoms with E-state index >= 15 is 4.39 Å². The van der Waals surface area contributed by atoms with Crippen molar-refractivity contribution in [2.45, 2.75) is 43.9 Å². The summed E-state index contributed by atoms with van der Waals surface area (Å²) in [5, 5.41) is 0. The predicted octanol–water partition coefficient (Wildman–Crippen LogP) is 3.44. The molecule has 9 heteroatoms. The first kappa shape index (κ1) is 22.5. The standard InChI is InChI=1S/C23H23ClFNO6/c24-11-18(27)31-20-17(14-29-13-16-9-5-2-6-10-16)30-22(25)19-21(20)32-23(28)26(19)12-15-7-3-1-4-8-15/h1-10,17,19-22H,11-14H2/t17-,19-,20-,21-,22+/m1/s1. The second-order valence-electron chi connectivity index (χ2n) is 7.57. The number of ether oxygens (including phenoxy) is 4. The number of hydrogen-bond donors (Lipinski definition) is 0. The van der Waals surface area contributed by atoms with E-state index < -0.39 is 48.7 Å². The highest BCUT2D eigenvalue weighted by molar-refractivity contribution is 6.26. The van der Waals surface area contributed by atoms with Crippen LogP contribution in [0, 0.1) is 0 Å². The molecule has 2 saturated heterocycles. The number of nitrogens with zero attached hydrogens (tertiary/aromatic N) is 1. The zero-order valence-corrected chi connectivity index (χ0v) is 17.9. The molecule has 32 heavy (non-hydrogen) atoms. The Labute approximate surface area is 189 Å². The van der Waals surface area contributed by atoms with E-state index in [0.29, 0.717) is 0 Å². The lowest BCUT2D eigenvalue weighted by atomic mass is 9.96. The molecule has 170 valence electrons. The molecular weight excluding hydrogens is 441 g/mol. The molecule has 2 aromatic carbocycles. The van der Waals surface area contributed by atoms with Crippen LogP contribution in [-0.4, -0.2) is 60.2 Å². The van der Waals surface area contributed by atoms with Gasteiger partial charge in [0.15, 0.2) is 12.2 Å². The topological polar surface area (TPSA) is 74.3 Å². The molecule has 4 rings (SSSR count). The normalized spacial score (nSPS) is 27.0. The largest absolute Gasteiger partial charge is 0.455 e. The van der Waals surface area contributed by atoms with Gasteiger partial charge in [0.1, 0.15) is 18.0 Å².